The molecular formula is C7H11N3O2. The highest BCUT2D eigenvalue weighted by atomic mass is 16.6. The number of carbonyl (C=O) groups is 1. The van der Waals surface area contributed by atoms with Crippen molar-refractivity contribution in [3.05, 3.63) is 0 Å². The van der Waals surface area contributed by atoms with Gasteiger partial charge >= 0.3 is 6.09 Å². The maximum absolute atomic E-state index is 10.5. The van der Waals surface area contributed by atoms with Crippen LogP contribution in [-0.4, -0.2) is 24.8 Å². The summed E-state index contributed by atoms with van der Waals surface area (Å²) >= 11 is 0. The van der Waals surface area contributed by atoms with Crippen molar-refractivity contribution in [2.75, 3.05) is 13.1 Å². The van der Waals surface area contributed by atoms with Crippen molar-refractivity contribution >= 4 is 6.09 Å². The van der Waals surface area contributed by atoms with Gasteiger partial charge in [-0.1, -0.05) is 0 Å². The first kappa shape index (κ1) is 8.81. The van der Waals surface area contributed by atoms with Crippen LogP contribution in [0.4, 0.5) is 4.79 Å². The molecule has 5 nitrogen and oxygen atoms in total. The zero-order valence-corrected chi connectivity index (χ0v) is 6.67. The van der Waals surface area contributed by atoms with Gasteiger partial charge in [-0.15, -0.1) is 0 Å². The average Bonchev–Trinajstić information content (AvgIpc) is 2.05. The van der Waals surface area contributed by atoms with Gasteiger partial charge in [0.05, 0.1) is 0 Å². The van der Waals surface area contributed by atoms with Crippen molar-refractivity contribution in [3.8, 4) is 6.07 Å². The Hall–Kier alpha value is -1.28. The minimum Gasteiger partial charge on any atom is -0.428 e. The summed E-state index contributed by atoms with van der Waals surface area (Å²) in [5.41, 5.74) is 3.86. The number of carbonyl (C=O) groups excluding carboxylic acids is 1. The summed E-state index contributed by atoms with van der Waals surface area (Å²) in [6.07, 6.45) is 0.136. The van der Waals surface area contributed by atoms with Crippen molar-refractivity contribution in [2.24, 2.45) is 5.73 Å². The van der Waals surface area contributed by atoms with Crippen LogP contribution in [0.2, 0.25) is 0 Å². The lowest BCUT2D eigenvalue weighted by Gasteiger charge is -2.29. The van der Waals surface area contributed by atoms with Gasteiger partial charge in [-0.05, 0) is 0 Å². The van der Waals surface area contributed by atoms with Gasteiger partial charge in [-0.3, -0.25) is 0 Å². The van der Waals surface area contributed by atoms with E-state index in [2.05, 4.69) is 5.32 Å². The second kappa shape index (κ2) is 3.41. The molecule has 0 aromatic carbocycles. The highest BCUT2D eigenvalue weighted by Crippen LogP contribution is 2.21. The lowest BCUT2D eigenvalue weighted by atomic mass is 9.94. The van der Waals surface area contributed by atoms with Crippen LogP contribution < -0.4 is 11.1 Å². The van der Waals surface area contributed by atoms with Gasteiger partial charge in [0.2, 0.25) is 5.60 Å². The van der Waals surface area contributed by atoms with Crippen LogP contribution in [0.25, 0.3) is 0 Å². The van der Waals surface area contributed by atoms with Crippen molar-refractivity contribution in [1.82, 2.24) is 5.32 Å². The van der Waals surface area contributed by atoms with Crippen LogP contribution in [0.3, 0.4) is 0 Å². The zero-order chi connectivity index (χ0) is 9.03. The van der Waals surface area contributed by atoms with E-state index < -0.39 is 11.7 Å². The zero-order valence-electron chi connectivity index (χ0n) is 6.67. The fraction of sp³-hybridized carbons (Fsp3) is 0.714. The highest BCUT2D eigenvalue weighted by molar-refractivity contribution is 5.65. The molecule has 0 bridgehead atoms. The molecular weight excluding hydrogens is 158 g/mol. The molecule has 1 aliphatic heterocycles. The number of nitrogens with one attached hydrogen (secondary N) is 1. The van der Waals surface area contributed by atoms with Crippen molar-refractivity contribution in [1.29, 1.82) is 5.26 Å². The molecule has 1 amide bonds. The van der Waals surface area contributed by atoms with Crippen LogP contribution in [-0.2, 0) is 4.74 Å². The van der Waals surface area contributed by atoms with Crippen molar-refractivity contribution < 1.29 is 9.53 Å². The average molecular weight is 169 g/mol. The summed E-state index contributed by atoms with van der Waals surface area (Å²) in [4.78, 5) is 10.5. The number of ether oxygens (including phenoxy) is 1. The third-order valence-corrected chi connectivity index (χ3v) is 1.91. The van der Waals surface area contributed by atoms with Gasteiger partial charge in [0.1, 0.15) is 6.07 Å². The topological polar surface area (TPSA) is 88.1 Å². The third-order valence-electron chi connectivity index (χ3n) is 1.91. The Morgan fingerprint density at radius 3 is 2.58 bits per heavy atom. The Balaban J connectivity index is 2.61. The van der Waals surface area contributed by atoms with Gasteiger partial charge in [0.15, 0.2) is 0 Å². The Morgan fingerprint density at radius 2 is 2.17 bits per heavy atom. The number of nitrogens with two attached hydrogens (primary N) is 1. The van der Waals surface area contributed by atoms with Crippen LogP contribution in [0.1, 0.15) is 12.8 Å². The van der Waals surface area contributed by atoms with E-state index >= 15 is 0 Å². The first-order chi connectivity index (χ1) is 5.68. The molecule has 0 aromatic rings. The van der Waals surface area contributed by atoms with E-state index in [1.54, 1.807) is 0 Å². The Kier molecular flexibility index (Phi) is 2.51. The smallest absolute Gasteiger partial charge is 0.406 e. The Labute approximate surface area is 70.5 Å². The van der Waals surface area contributed by atoms with E-state index in [1.165, 1.54) is 0 Å². The van der Waals surface area contributed by atoms with E-state index in [4.69, 9.17) is 15.7 Å². The second-order valence-corrected chi connectivity index (χ2v) is 2.78. The number of nitriles is 1. The second-order valence-electron chi connectivity index (χ2n) is 2.78. The largest absolute Gasteiger partial charge is 0.428 e. The molecule has 0 saturated carbocycles. The van der Waals surface area contributed by atoms with Crippen molar-refractivity contribution in [2.45, 2.75) is 18.4 Å². The molecule has 1 fully saturated rings. The SMILES string of the molecule is N#CC1(OC(N)=O)CCNCC1. The number of hydrogen-bond donors (Lipinski definition) is 2. The predicted molar refractivity (Wildman–Crippen MR) is 41.1 cm³/mol. The van der Waals surface area contributed by atoms with Crippen molar-refractivity contribution in [3.63, 3.8) is 0 Å². The molecule has 0 aromatic heterocycles. The molecule has 3 N–H and O–H groups in total. The van der Waals surface area contributed by atoms with Crippen LogP contribution in [0, 0.1) is 11.3 Å². The van der Waals surface area contributed by atoms with Gasteiger partial charge in [-0.2, -0.15) is 5.26 Å². The van der Waals surface area contributed by atoms with E-state index in [1.807, 2.05) is 6.07 Å². The first-order valence-corrected chi connectivity index (χ1v) is 3.79. The van der Waals surface area contributed by atoms with Crippen LogP contribution in [0.15, 0.2) is 0 Å². The van der Waals surface area contributed by atoms with E-state index in [-0.39, 0.29) is 0 Å². The molecule has 5 heteroatoms. The molecule has 0 spiro atoms. The molecule has 0 atom stereocenters. The lowest BCUT2D eigenvalue weighted by Crippen LogP contribution is -2.45. The molecule has 0 radical (unpaired) electrons. The van der Waals surface area contributed by atoms with Gasteiger partial charge in [-0.25, -0.2) is 4.79 Å². The number of primary amides is 1. The highest BCUT2D eigenvalue weighted by Gasteiger charge is 2.35. The summed E-state index contributed by atoms with van der Waals surface area (Å²) in [6.45, 7) is 1.36. The third kappa shape index (κ3) is 1.86. The maximum Gasteiger partial charge on any atom is 0.406 e. The summed E-state index contributed by atoms with van der Waals surface area (Å²) in [6, 6.07) is 1.99. The summed E-state index contributed by atoms with van der Waals surface area (Å²) in [7, 11) is 0. The summed E-state index contributed by atoms with van der Waals surface area (Å²) in [5.74, 6) is 0. The monoisotopic (exact) mass is 169 g/mol. The Bertz CT molecular complexity index is 215. The van der Waals surface area contributed by atoms with E-state index in [0.717, 1.165) is 0 Å². The van der Waals surface area contributed by atoms with E-state index in [9.17, 15) is 4.79 Å². The van der Waals surface area contributed by atoms with Gasteiger partial charge < -0.3 is 15.8 Å². The molecule has 12 heavy (non-hydrogen) atoms. The summed E-state index contributed by atoms with van der Waals surface area (Å²) in [5, 5.41) is 11.8. The van der Waals surface area contributed by atoms with Crippen LogP contribution >= 0.6 is 0 Å². The standard InChI is InChI=1S/C7H11N3O2/c8-5-7(12-6(9)11)1-3-10-4-2-7/h10H,1-4H2,(H2,9,11). The molecule has 1 saturated heterocycles. The number of hydrogen-bond acceptors (Lipinski definition) is 4. The van der Waals surface area contributed by atoms with Gasteiger partial charge in [0.25, 0.3) is 0 Å². The first-order valence-electron chi connectivity index (χ1n) is 3.79. The number of piperidine rings is 1. The Morgan fingerprint density at radius 1 is 1.58 bits per heavy atom. The molecule has 1 aliphatic rings. The molecule has 1 heterocycles. The molecule has 0 aliphatic carbocycles. The summed E-state index contributed by atoms with van der Waals surface area (Å²) < 4.78 is 4.77. The normalized spacial score (nSPS) is 20.9. The molecule has 0 unspecified atom stereocenters. The quantitative estimate of drug-likeness (QED) is 0.565. The predicted octanol–water partition coefficient (Wildman–Crippen LogP) is -0.273. The van der Waals surface area contributed by atoms with Crippen LogP contribution in [0.5, 0.6) is 0 Å². The fourth-order valence-corrected chi connectivity index (χ4v) is 1.26. The minimum atomic E-state index is -0.989. The molecule has 66 valence electrons. The van der Waals surface area contributed by atoms with E-state index in [0.29, 0.717) is 25.9 Å². The minimum absolute atomic E-state index is 0.506. The molecule has 1 rings (SSSR count). The number of amides is 1. The lowest BCUT2D eigenvalue weighted by molar-refractivity contribution is 0.0368. The fourth-order valence-electron chi connectivity index (χ4n) is 1.26. The van der Waals surface area contributed by atoms with Gasteiger partial charge in [0, 0.05) is 25.9 Å². The number of nitrogens with zero attached hydrogens (tertiary/aromatic N) is 1. The maximum atomic E-state index is 10.5. The number of rotatable bonds is 1.